The highest BCUT2D eigenvalue weighted by atomic mass is 16.5. The van der Waals surface area contributed by atoms with Crippen LogP contribution < -0.4 is 14.8 Å². The van der Waals surface area contributed by atoms with E-state index in [2.05, 4.69) is 5.32 Å². The summed E-state index contributed by atoms with van der Waals surface area (Å²) in [5.74, 6) is 1.33. The first-order chi connectivity index (χ1) is 14.0. The van der Waals surface area contributed by atoms with Crippen LogP contribution in [0.3, 0.4) is 0 Å². The molecule has 0 unspecified atom stereocenters. The highest BCUT2D eigenvalue weighted by Crippen LogP contribution is 2.21. The standard InChI is InChI=1S/C23H28N2O4/c1-3-28-20-10-6-19(7-11-20)24-23(27)18-12-14-25(15-13-18)22(26)16-29-21-8-4-17(2)5-9-21/h4-11,18H,3,12-16H2,1-2H3,(H,24,27). The number of nitrogens with zero attached hydrogens (tertiary/aromatic N) is 1. The van der Waals surface area contributed by atoms with E-state index in [0.29, 0.717) is 38.3 Å². The van der Waals surface area contributed by atoms with E-state index in [0.717, 1.165) is 17.0 Å². The van der Waals surface area contributed by atoms with Crippen molar-refractivity contribution in [2.45, 2.75) is 26.7 Å². The van der Waals surface area contributed by atoms with E-state index in [1.807, 2.05) is 62.4 Å². The first-order valence-electron chi connectivity index (χ1n) is 10.1. The number of likely N-dealkylation sites (tertiary alicyclic amines) is 1. The van der Waals surface area contributed by atoms with Gasteiger partial charge in [0, 0.05) is 24.7 Å². The lowest BCUT2D eigenvalue weighted by Crippen LogP contribution is -2.43. The van der Waals surface area contributed by atoms with E-state index >= 15 is 0 Å². The van der Waals surface area contributed by atoms with Crippen LogP contribution in [0.5, 0.6) is 11.5 Å². The van der Waals surface area contributed by atoms with E-state index in [1.54, 1.807) is 4.90 Å². The third kappa shape index (κ3) is 5.98. The number of carbonyl (C=O) groups excluding carboxylic acids is 2. The van der Waals surface area contributed by atoms with Gasteiger partial charge in [0.25, 0.3) is 5.91 Å². The van der Waals surface area contributed by atoms with Gasteiger partial charge in [-0.1, -0.05) is 17.7 Å². The molecule has 29 heavy (non-hydrogen) atoms. The van der Waals surface area contributed by atoms with Crippen LogP contribution in [-0.4, -0.2) is 43.0 Å². The van der Waals surface area contributed by atoms with E-state index < -0.39 is 0 Å². The van der Waals surface area contributed by atoms with Gasteiger partial charge >= 0.3 is 0 Å². The highest BCUT2D eigenvalue weighted by Gasteiger charge is 2.27. The predicted octanol–water partition coefficient (Wildman–Crippen LogP) is 3.65. The first-order valence-corrected chi connectivity index (χ1v) is 10.1. The molecule has 3 rings (SSSR count). The smallest absolute Gasteiger partial charge is 0.260 e. The monoisotopic (exact) mass is 396 g/mol. The molecule has 1 heterocycles. The van der Waals surface area contributed by atoms with Crippen molar-refractivity contribution >= 4 is 17.5 Å². The molecule has 0 spiro atoms. The Kier molecular flexibility index (Phi) is 7.11. The second-order valence-electron chi connectivity index (χ2n) is 7.20. The van der Waals surface area contributed by atoms with Gasteiger partial charge < -0.3 is 19.7 Å². The molecule has 154 valence electrons. The summed E-state index contributed by atoms with van der Waals surface area (Å²) in [5.41, 5.74) is 1.90. The molecule has 1 aliphatic rings. The molecule has 1 aliphatic heterocycles. The second kappa shape index (κ2) is 9.96. The molecular formula is C23H28N2O4. The molecule has 0 radical (unpaired) electrons. The van der Waals surface area contributed by atoms with E-state index in [1.165, 1.54) is 0 Å². The first kappa shape index (κ1) is 20.7. The minimum atomic E-state index is -0.0939. The molecule has 1 saturated heterocycles. The number of piperidine rings is 1. The summed E-state index contributed by atoms with van der Waals surface area (Å²) in [6, 6.07) is 15.0. The Morgan fingerprint density at radius 2 is 1.55 bits per heavy atom. The van der Waals surface area contributed by atoms with E-state index in [-0.39, 0.29) is 24.3 Å². The van der Waals surface area contributed by atoms with Crippen molar-refractivity contribution in [2.75, 3.05) is 31.6 Å². The lowest BCUT2D eigenvalue weighted by Gasteiger charge is -2.31. The van der Waals surface area contributed by atoms with Crippen LogP contribution in [0.2, 0.25) is 0 Å². The van der Waals surface area contributed by atoms with Gasteiger partial charge in [-0.15, -0.1) is 0 Å². The molecule has 0 aromatic heterocycles. The quantitative estimate of drug-likeness (QED) is 0.776. The molecule has 6 nitrogen and oxygen atoms in total. The van der Waals surface area contributed by atoms with Gasteiger partial charge in [-0.25, -0.2) is 0 Å². The third-order valence-corrected chi connectivity index (χ3v) is 5.03. The Labute approximate surface area is 171 Å². The number of benzene rings is 2. The lowest BCUT2D eigenvalue weighted by atomic mass is 9.95. The fourth-order valence-electron chi connectivity index (χ4n) is 3.31. The average molecular weight is 396 g/mol. The maximum atomic E-state index is 12.5. The van der Waals surface area contributed by atoms with Gasteiger partial charge in [-0.05, 0) is 63.1 Å². The van der Waals surface area contributed by atoms with Crippen LogP contribution in [0.15, 0.2) is 48.5 Å². The Morgan fingerprint density at radius 3 is 2.17 bits per heavy atom. The fourth-order valence-corrected chi connectivity index (χ4v) is 3.31. The minimum absolute atomic E-state index is 0.00263. The number of ether oxygens (including phenoxy) is 2. The van der Waals surface area contributed by atoms with E-state index in [4.69, 9.17) is 9.47 Å². The van der Waals surface area contributed by atoms with E-state index in [9.17, 15) is 9.59 Å². The molecule has 2 amide bonds. The molecule has 1 fully saturated rings. The number of rotatable bonds is 7. The molecule has 6 heteroatoms. The number of nitrogens with one attached hydrogen (secondary N) is 1. The number of carbonyl (C=O) groups is 2. The van der Waals surface area contributed by atoms with Gasteiger partial charge in [-0.3, -0.25) is 9.59 Å². The molecule has 0 bridgehead atoms. The zero-order chi connectivity index (χ0) is 20.6. The van der Waals surface area contributed by atoms with Crippen molar-refractivity contribution in [3.63, 3.8) is 0 Å². The van der Waals surface area contributed by atoms with Crippen LogP contribution in [-0.2, 0) is 9.59 Å². The third-order valence-electron chi connectivity index (χ3n) is 5.03. The van der Waals surface area contributed by atoms with Gasteiger partial charge in [0.2, 0.25) is 5.91 Å². The minimum Gasteiger partial charge on any atom is -0.494 e. The van der Waals surface area contributed by atoms with Crippen LogP contribution in [0.1, 0.15) is 25.3 Å². The lowest BCUT2D eigenvalue weighted by molar-refractivity contribution is -0.136. The topological polar surface area (TPSA) is 67.9 Å². The Morgan fingerprint density at radius 1 is 0.966 bits per heavy atom. The summed E-state index contributed by atoms with van der Waals surface area (Å²) in [5, 5.41) is 2.95. The molecular weight excluding hydrogens is 368 g/mol. The summed E-state index contributed by atoms with van der Waals surface area (Å²) in [6.07, 6.45) is 1.30. The fraction of sp³-hybridized carbons (Fsp3) is 0.391. The number of hydrogen-bond acceptors (Lipinski definition) is 4. The molecule has 2 aromatic carbocycles. The van der Waals surface area contributed by atoms with Crippen LogP contribution in [0.25, 0.3) is 0 Å². The van der Waals surface area contributed by atoms with Crippen molar-refractivity contribution in [1.29, 1.82) is 0 Å². The van der Waals surface area contributed by atoms with Crippen molar-refractivity contribution < 1.29 is 19.1 Å². The largest absolute Gasteiger partial charge is 0.494 e. The highest BCUT2D eigenvalue weighted by molar-refractivity contribution is 5.92. The summed E-state index contributed by atoms with van der Waals surface area (Å²) in [6.45, 7) is 5.70. The summed E-state index contributed by atoms with van der Waals surface area (Å²) in [4.78, 5) is 26.7. The number of anilines is 1. The molecule has 0 saturated carbocycles. The molecule has 1 N–H and O–H groups in total. The van der Waals surface area contributed by atoms with Crippen LogP contribution in [0, 0.1) is 12.8 Å². The van der Waals surface area contributed by atoms with Gasteiger partial charge in [0.15, 0.2) is 6.61 Å². The Bertz CT molecular complexity index is 810. The number of aryl methyl sites for hydroxylation is 1. The van der Waals surface area contributed by atoms with Crippen molar-refractivity contribution in [3.8, 4) is 11.5 Å². The molecule has 0 aliphatic carbocycles. The van der Waals surface area contributed by atoms with Gasteiger partial charge in [-0.2, -0.15) is 0 Å². The van der Waals surface area contributed by atoms with Gasteiger partial charge in [0.1, 0.15) is 11.5 Å². The van der Waals surface area contributed by atoms with Gasteiger partial charge in [0.05, 0.1) is 6.61 Å². The zero-order valence-electron chi connectivity index (χ0n) is 17.0. The van der Waals surface area contributed by atoms with Crippen LogP contribution >= 0.6 is 0 Å². The summed E-state index contributed by atoms with van der Waals surface area (Å²) >= 11 is 0. The summed E-state index contributed by atoms with van der Waals surface area (Å²) < 4.78 is 11.0. The van der Waals surface area contributed by atoms with Crippen LogP contribution in [0.4, 0.5) is 5.69 Å². The Balaban J connectivity index is 1.42. The molecule has 0 atom stereocenters. The van der Waals surface area contributed by atoms with Crippen molar-refractivity contribution in [3.05, 3.63) is 54.1 Å². The average Bonchev–Trinajstić information content (AvgIpc) is 2.75. The van der Waals surface area contributed by atoms with Crippen molar-refractivity contribution in [2.24, 2.45) is 5.92 Å². The van der Waals surface area contributed by atoms with Crippen molar-refractivity contribution in [1.82, 2.24) is 4.90 Å². The number of amides is 2. The Hall–Kier alpha value is -3.02. The SMILES string of the molecule is CCOc1ccc(NC(=O)C2CCN(C(=O)COc3ccc(C)cc3)CC2)cc1. The number of hydrogen-bond donors (Lipinski definition) is 1. The predicted molar refractivity (Wildman–Crippen MR) is 112 cm³/mol. The maximum Gasteiger partial charge on any atom is 0.260 e. The maximum absolute atomic E-state index is 12.5. The normalized spacial score (nSPS) is 14.3. The molecule has 2 aromatic rings. The summed E-state index contributed by atoms with van der Waals surface area (Å²) in [7, 11) is 0. The second-order valence-corrected chi connectivity index (χ2v) is 7.20. The zero-order valence-corrected chi connectivity index (χ0v) is 17.0.